The molecule has 0 atom stereocenters. The maximum atomic E-state index is 11.4. The molecule has 1 heterocycles. The van der Waals surface area contributed by atoms with Gasteiger partial charge < -0.3 is 15.5 Å². The van der Waals surface area contributed by atoms with E-state index >= 15 is 0 Å². The highest BCUT2D eigenvalue weighted by molar-refractivity contribution is 5.77. The van der Waals surface area contributed by atoms with Gasteiger partial charge in [-0.2, -0.15) is 0 Å². The summed E-state index contributed by atoms with van der Waals surface area (Å²) in [5, 5.41) is 6.04. The number of piperidine rings is 1. The quantitative estimate of drug-likeness (QED) is 0.626. The van der Waals surface area contributed by atoms with Crippen LogP contribution < -0.4 is 10.6 Å². The summed E-state index contributed by atoms with van der Waals surface area (Å²) < 4.78 is 0. The second kappa shape index (κ2) is 8.53. The molecule has 0 aromatic heterocycles. The number of nitrogens with zero attached hydrogens (tertiary/aromatic N) is 1. The highest BCUT2D eigenvalue weighted by Crippen LogP contribution is 2.07. The van der Waals surface area contributed by atoms with Crippen molar-refractivity contribution < 1.29 is 4.79 Å². The molecule has 0 saturated carbocycles. The standard InChI is InChI=1S/C12H25N3O/c1-2-6-13-11-12(16)14-7-10-15-8-4-3-5-9-15/h13H,2-11H2,1H3,(H,14,16). The third-order valence-electron chi connectivity index (χ3n) is 2.91. The Hall–Kier alpha value is -0.610. The fraction of sp³-hybridized carbons (Fsp3) is 0.917. The molecule has 2 N–H and O–H groups in total. The normalized spacial score (nSPS) is 17.3. The number of rotatable bonds is 7. The van der Waals surface area contributed by atoms with E-state index in [0.29, 0.717) is 6.54 Å². The molecular weight excluding hydrogens is 202 g/mol. The van der Waals surface area contributed by atoms with Gasteiger partial charge in [0, 0.05) is 13.1 Å². The van der Waals surface area contributed by atoms with Gasteiger partial charge in [0.25, 0.3) is 0 Å². The number of carbonyl (C=O) groups is 1. The summed E-state index contributed by atoms with van der Waals surface area (Å²) in [7, 11) is 0. The van der Waals surface area contributed by atoms with Gasteiger partial charge in [0.1, 0.15) is 0 Å². The van der Waals surface area contributed by atoms with Crippen LogP contribution >= 0.6 is 0 Å². The minimum Gasteiger partial charge on any atom is -0.354 e. The molecule has 0 aromatic carbocycles. The average Bonchev–Trinajstić information content (AvgIpc) is 2.31. The molecule has 0 spiro atoms. The van der Waals surface area contributed by atoms with Crippen LogP contribution in [0.1, 0.15) is 32.6 Å². The Kier molecular flexibility index (Phi) is 7.17. The van der Waals surface area contributed by atoms with E-state index in [4.69, 9.17) is 0 Å². The molecule has 0 unspecified atom stereocenters. The lowest BCUT2D eigenvalue weighted by atomic mass is 10.1. The van der Waals surface area contributed by atoms with Gasteiger partial charge in [-0.1, -0.05) is 13.3 Å². The van der Waals surface area contributed by atoms with Gasteiger partial charge in [0.2, 0.25) is 5.91 Å². The van der Waals surface area contributed by atoms with Gasteiger partial charge in [-0.05, 0) is 38.9 Å². The molecular formula is C12H25N3O. The first-order valence-electron chi connectivity index (χ1n) is 6.52. The molecule has 1 aliphatic rings. The summed E-state index contributed by atoms with van der Waals surface area (Å²) in [5.41, 5.74) is 0. The molecule has 1 saturated heterocycles. The van der Waals surface area contributed by atoms with Gasteiger partial charge in [0.15, 0.2) is 0 Å². The van der Waals surface area contributed by atoms with E-state index in [1.807, 2.05) is 0 Å². The third kappa shape index (κ3) is 6.08. The summed E-state index contributed by atoms with van der Waals surface area (Å²) in [6.07, 6.45) is 5.06. The molecule has 0 bridgehead atoms. The van der Waals surface area contributed by atoms with E-state index in [2.05, 4.69) is 22.5 Å². The maximum Gasteiger partial charge on any atom is 0.234 e. The Morgan fingerprint density at radius 1 is 1.19 bits per heavy atom. The van der Waals surface area contributed by atoms with Crippen LogP contribution in [0.25, 0.3) is 0 Å². The minimum atomic E-state index is 0.116. The first kappa shape index (κ1) is 13.5. The first-order valence-corrected chi connectivity index (χ1v) is 6.52. The molecule has 1 amide bonds. The maximum absolute atomic E-state index is 11.4. The van der Waals surface area contributed by atoms with Crippen molar-refractivity contribution in [2.75, 3.05) is 39.3 Å². The summed E-state index contributed by atoms with van der Waals surface area (Å²) in [6.45, 7) is 7.65. The number of hydrogen-bond donors (Lipinski definition) is 2. The summed E-state index contributed by atoms with van der Waals surface area (Å²) >= 11 is 0. The summed E-state index contributed by atoms with van der Waals surface area (Å²) in [4.78, 5) is 13.8. The van der Waals surface area contributed by atoms with Crippen LogP contribution in [0.5, 0.6) is 0 Å². The van der Waals surface area contributed by atoms with Crippen LogP contribution in [0, 0.1) is 0 Å². The predicted molar refractivity (Wildman–Crippen MR) is 66.5 cm³/mol. The Bertz CT molecular complexity index is 191. The van der Waals surface area contributed by atoms with Gasteiger partial charge in [-0.3, -0.25) is 4.79 Å². The summed E-state index contributed by atoms with van der Waals surface area (Å²) in [6, 6.07) is 0. The smallest absolute Gasteiger partial charge is 0.234 e. The van der Waals surface area contributed by atoms with Gasteiger partial charge >= 0.3 is 0 Å². The number of nitrogens with one attached hydrogen (secondary N) is 2. The largest absolute Gasteiger partial charge is 0.354 e. The molecule has 1 rings (SSSR count). The zero-order valence-corrected chi connectivity index (χ0v) is 10.4. The molecule has 0 radical (unpaired) electrons. The number of likely N-dealkylation sites (tertiary alicyclic amines) is 1. The van der Waals surface area contributed by atoms with Crippen molar-refractivity contribution >= 4 is 5.91 Å². The molecule has 4 heteroatoms. The highest BCUT2D eigenvalue weighted by Gasteiger charge is 2.09. The zero-order valence-electron chi connectivity index (χ0n) is 10.4. The zero-order chi connectivity index (χ0) is 11.6. The lowest BCUT2D eigenvalue weighted by Gasteiger charge is -2.26. The van der Waals surface area contributed by atoms with Crippen LogP contribution in [0.15, 0.2) is 0 Å². The molecule has 4 nitrogen and oxygen atoms in total. The fourth-order valence-electron chi connectivity index (χ4n) is 1.98. The van der Waals surface area contributed by atoms with Crippen molar-refractivity contribution in [1.29, 1.82) is 0 Å². The van der Waals surface area contributed by atoms with E-state index in [-0.39, 0.29) is 5.91 Å². The van der Waals surface area contributed by atoms with Crippen LogP contribution in [0.4, 0.5) is 0 Å². The molecule has 1 fully saturated rings. The minimum absolute atomic E-state index is 0.116. The number of hydrogen-bond acceptors (Lipinski definition) is 3. The van der Waals surface area contributed by atoms with E-state index in [0.717, 1.165) is 26.1 Å². The number of carbonyl (C=O) groups excluding carboxylic acids is 1. The molecule has 1 aliphatic heterocycles. The van der Waals surface area contributed by atoms with Crippen LogP contribution in [-0.2, 0) is 4.79 Å². The molecule has 0 aliphatic carbocycles. The van der Waals surface area contributed by atoms with Crippen molar-refractivity contribution in [2.45, 2.75) is 32.6 Å². The van der Waals surface area contributed by atoms with Crippen LogP contribution in [0.2, 0.25) is 0 Å². The first-order chi connectivity index (χ1) is 7.83. The van der Waals surface area contributed by atoms with Crippen LogP contribution in [-0.4, -0.2) is 50.1 Å². The van der Waals surface area contributed by atoms with Gasteiger partial charge in [-0.25, -0.2) is 0 Å². The van der Waals surface area contributed by atoms with E-state index in [1.165, 1.54) is 32.4 Å². The fourth-order valence-corrected chi connectivity index (χ4v) is 1.98. The van der Waals surface area contributed by atoms with Crippen molar-refractivity contribution in [3.8, 4) is 0 Å². The Morgan fingerprint density at radius 2 is 1.94 bits per heavy atom. The monoisotopic (exact) mass is 227 g/mol. The predicted octanol–water partition coefficient (Wildman–Crippen LogP) is 0.588. The topological polar surface area (TPSA) is 44.4 Å². The Morgan fingerprint density at radius 3 is 2.62 bits per heavy atom. The third-order valence-corrected chi connectivity index (χ3v) is 2.91. The van der Waals surface area contributed by atoms with Crippen LogP contribution in [0.3, 0.4) is 0 Å². The average molecular weight is 227 g/mol. The highest BCUT2D eigenvalue weighted by atomic mass is 16.1. The van der Waals surface area contributed by atoms with Crippen molar-refractivity contribution in [1.82, 2.24) is 15.5 Å². The molecule has 0 aromatic rings. The van der Waals surface area contributed by atoms with E-state index in [1.54, 1.807) is 0 Å². The van der Waals surface area contributed by atoms with Gasteiger partial charge in [0.05, 0.1) is 6.54 Å². The molecule has 16 heavy (non-hydrogen) atoms. The van der Waals surface area contributed by atoms with Crippen molar-refractivity contribution in [3.05, 3.63) is 0 Å². The van der Waals surface area contributed by atoms with E-state index in [9.17, 15) is 4.79 Å². The van der Waals surface area contributed by atoms with Crippen molar-refractivity contribution in [2.24, 2.45) is 0 Å². The Balaban J connectivity index is 1.94. The van der Waals surface area contributed by atoms with Gasteiger partial charge in [-0.15, -0.1) is 0 Å². The van der Waals surface area contributed by atoms with E-state index < -0.39 is 0 Å². The lowest BCUT2D eigenvalue weighted by Crippen LogP contribution is -2.40. The SMILES string of the molecule is CCCNCC(=O)NCCN1CCCCC1. The second-order valence-electron chi connectivity index (χ2n) is 4.43. The lowest BCUT2D eigenvalue weighted by molar-refractivity contribution is -0.120. The number of amides is 1. The Labute approximate surface area is 98.8 Å². The summed E-state index contributed by atoms with van der Waals surface area (Å²) in [5.74, 6) is 0.116. The van der Waals surface area contributed by atoms with Crippen molar-refractivity contribution in [3.63, 3.8) is 0 Å². The second-order valence-corrected chi connectivity index (χ2v) is 4.43. The molecule has 94 valence electrons.